The lowest BCUT2D eigenvalue weighted by atomic mass is 15.8. The lowest BCUT2D eigenvalue weighted by Crippen LogP contribution is -1.66. The molecule has 0 aliphatic heterocycles. The second kappa shape index (κ2) is 15.2. The first-order chi connectivity index (χ1) is 9.00. The molecule has 17 nitrogen and oxygen atoms in total. The van der Waals surface area contributed by atoms with Gasteiger partial charge in [0.1, 0.15) is 0 Å². The van der Waals surface area contributed by atoms with Gasteiger partial charge >= 0.3 is 31.3 Å². The van der Waals surface area contributed by atoms with Gasteiger partial charge in [0.15, 0.2) is 0 Å². The average Bonchev–Trinajstić information content (AvgIpc) is 1.92. The highest BCUT2D eigenvalue weighted by molar-refractivity contribution is 7.45. The van der Waals surface area contributed by atoms with E-state index in [2.05, 4.69) is 11.9 Å². The maximum atomic E-state index is 8.88. The van der Waals surface area contributed by atoms with Crippen LogP contribution in [0.3, 0.4) is 0 Å². The van der Waals surface area contributed by atoms with E-state index < -0.39 is 31.3 Å². The first-order valence-corrected chi connectivity index (χ1v) is 9.90. The van der Waals surface area contributed by atoms with Gasteiger partial charge in [-0.1, -0.05) is 0 Å². The minimum absolute atomic E-state index is 3.64. The second-order valence-corrected chi connectivity index (χ2v) is 6.16. The van der Waals surface area contributed by atoms with Gasteiger partial charge in [-0.25, -0.2) is 18.3 Å². The van der Waals surface area contributed by atoms with Crippen molar-refractivity contribution in [2.24, 2.45) is 0 Å². The van der Waals surface area contributed by atoms with Crippen LogP contribution in [0.15, 0.2) is 0 Å². The molecule has 13 N–H and O–H groups in total. The maximum absolute atomic E-state index is 8.88. The predicted octanol–water partition coefficient (Wildman–Crippen LogP) is -3.58. The van der Waals surface area contributed by atoms with Crippen molar-refractivity contribution in [1.29, 1.82) is 0 Å². The SMILES string of the molecule is O=P(O)(O)O.O=P(O)(O)O.O=P(O)(O)O.O=P(O)(O)O.OCl. The largest absolute Gasteiger partial charge is 0.466 e. The molecular formula is H13ClO17P4. The van der Waals surface area contributed by atoms with Crippen molar-refractivity contribution in [3.63, 3.8) is 0 Å². The third-order valence-corrected chi connectivity index (χ3v) is 0. The van der Waals surface area contributed by atoms with E-state index in [4.69, 9.17) is 81.6 Å². The van der Waals surface area contributed by atoms with E-state index in [1.165, 1.54) is 0 Å². The zero-order chi connectivity index (χ0) is 20.0. The van der Waals surface area contributed by atoms with E-state index in [1.807, 2.05) is 0 Å². The number of hydrogen-bond donors (Lipinski definition) is 13. The van der Waals surface area contributed by atoms with E-state index in [0.29, 0.717) is 0 Å². The molecule has 22 heteroatoms. The lowest BCUT2D eigenvalue weighted by Gasteiger charge is -1.82. The third-order valence-electron chi connectivity index (χ3n) is 0. The molecule has 0 bridgehead atoms. The summed E-state index contributed by atoms with van der Waals surface area (Å²) < 4.78 is 42.0. The number of phosphoric acid groups is 4. The van der Waals surface area contributed by atoms with E-state index in [9.17, 15) is 0 Å². The Morgan fingerprint density at radius 3 is 0.364 bits per heavy atom. The highest BCUT2D eigenvalue weighted by atomic mass is 35.5. The van der Waals surface area contributed by atoms with Crippen molar-refractivity contribution in [3.05, 3.63) is 0 Å². The number of hydrogen-bond acceptors (Lipinski definition) is 5. The molecule has 0 saturated carbocycles. The van der Waals surface area contributed by atoms with Gasteiger partial charge in [-0.3, -0.25) is 4.66 Å². The Labute approximate surface area is 125 Å². The summed E-state index contributed by atoms with van der Waals surface area (Å²) in [7, 11) is -18.6. The molecule has 0 aromatic carbocycles. The van der Waals surface area contributed by atoms with Crippen LogP contribution < -0.4 is 0 Å². The Morgan fingerprint density at radius 2 is 0.364 bits per heavy atom. The molecule has 0 heterocycles. The molecule has 142 valence electrons. The smallest absolute Gasteiger partial charge is 0.303 e. The molecule has 0 atom stereocenters. The fraction of sp³-hybridized carbons (Fsp3) is 0. The van der Waals surface area contributed by atoms with Crippen molar-refractivity contribution in [3.8, 4) is 0 Å². The zero-order valence-corrected chi connectivity index (χ0v) is 13.9. The Morgan fingerprint density at radius 1 is 0.364 bits per heavy atom. The van der Waals surface area contributed by atoms with E-state index in [1.54, 1.807) is 0 Å². The van der Waals surface area contributed by atoms with Crippen LogP contribution in [0.1, 0.15) is 0 Å². The standard InChI is InChI=1S/ClHO.4H3O4P/c1-2;4*1-5(2,3)4/h2H;4*(H3,1,2,3,4). The van der Waals surface area contributed by atoms with E-state index in [-0.39, 0.29) is 0 Å². The van der Waals surface area contributed by atoms with Crippen LogP contribution in [0.25, 0.3) is 0 Å². The summed E-state index contributed by atoms with van der Waals surface area (Å²) in [6.07, 6.45) is 0. The van der Waals surface area contributed by atoms with E-state index >= 15 is 0 Å². The molecular weight excluding hydrogens is 431 g/mol. The first kappa shape index (κ1) is 34.1. The predicted molar refractivity (Wildman–Crippen MR) is 65.1 cm³/mol. The summed E-state index contributed by atoms with van der Waals surface area (Å²) in [5.41, 5.74) is 0. The van der Waals surface area contributed by atoms with Crippen molar-refractivity contribution in [1.82, 2.24) is 0 Å². The van der Waals surface area contributed by atoms with Crippen LogP contribution in [0.5, 0.6) is 0 Å². The molecule has 22 heavy (non-hydrogen) atoms. The number of halogens is 1. The summed E-state index contributed by atoms with van der Waals surface area (Å²) in [6.45, 7) is 0. The number of rotatable bonds is 0. The minimum Gasteiger partial charge on any atom is -0.303 e. The van der Waals surface area contributed by atoms with Crippen molar-refractivity contribution in [2.75, 3.05) is 0 Å². The van der Waals surface area contributed by atoms with Gasteiger partial charge in [-0.2, -0.15) is 0 Å². The highest BCUT2D eigenvalue weighted by Gasteiger charge is 2.01. The van der Waals surface area contributed by atoms with Gasteiger partial charge in [-0.15, -0.1) is 0 Å². The molecule has 0 aromatic rings. The Balaban J connectivity index is -0.0000000562. The van der Waals surface area contributed by atoms with Gasteiger partial charge in [0.25, 0.3) is 0 Å². The minimum atomic E-state index is -4.64. The summed E-state index contributed by atoms with van der Waals surface area (Å²) >= 11 is 3.64. The second-order valence-electron chi connectivity index (χ2n) is 2.05. The van der Waals surface area contributed by atoms with Crippen LogP contribution in [0.2, 0.25) is 0 Å². The van der Waals surface area contributed by atoms with Gasteiger partial charge in [0, 0.05) is 0 Å². The third kappa shape index (κ3) is 16800. The van der Waals surface area contributed by atoms with Gasteiger partial charge in [-0.05, 0) is 0 Å². The highest BCUT2D eigenvalue weighted by Crippen LogP contribution is 2.27. The van der Waals surface area contributed by atoms with Crippen molar-refractivity contribution in [2.45, 2.75) is 0 Å². The van der Waals surface area contributed by atoms with Crippen LogP contribution >= 0.6 is 43.2 Å². The molecule has 0 amide bonds. The van der Waals surface area contributed by atoms with Crippen molar-refractivity contribution >= 4 is 43.2 Å². The van der Waals surface area contributed by atoms with Crippen LogP contribution in [-0.4, -0.2) is 63.4 Å². The summed E-state index contributed by atoms with van der Waals surface area (Å²) in [5.74, 6) is 0. The molecule has 0 spiro atoms. The molecule has 0 aromatic heterocycles. The van der Waals surface area contributed by atoms with Gasteiger partial charge in [0.05, 0.1) is 11.9 Å². The quantitative estimate of drug-likeness (QED) is 0.160. The van der Waals surface area contributed by atoms with Gasteiger partial charge < -0.3 is 58.7 Å². The topological polar surface area (TPSA) is 331 Å². The van der Waals surface area contributed by atoms with E-state index in [0.717, 1.165) is 0 Å². The monoisotopic (exact) mass is 444 g/mol. The zero-order valence-electron chi connectivity index (χ0n) is 9.61. The molecule has 0 saturated heterocycles. The molecule has 0 unspecified atom stereocenters. The normalized spacial score (nSPS) is 11.0. The Bertz CT molecular complexity index is 285. The summed E-state index contributed by atoms with van der Waals surface area (Å²) in [5, 5.41) is 0. The van der Waals surface area contributed by atoms with Crippen LogP contribution in [0, 0.1) is 0 Å². The van der Waals surface area contributed by atoms with Crippen LogP contribution in [-0.2, 0) is 18.3 Å². The molecule has 0 radical (unpaired) electrons. The fourth-order valence-corrected chi connectivity index (χ4v) is 0. The Kier molecular flexibility index (Phi) is 23.6. The maximum Gasteiger partial charge on any atom is 0.466 e. The van der Waals surface area contributed by atoms with Crippen molar-refractivity contribution < 1.29 is 81.6 Å². The lowest BCUT2D eigenvalue weighted by molar-refractivity contribution is 0.272. The first-order valence-electron chi connectivity index (χ1n) is 3.30. The average molecular weight is 444 g/mol. The molecule has 0 fully saturated rings. The fourth-order valence-electron chi connectivity index (χ4n) is 0. The molecule has 0 aliphatic carbocycles. The molecule has 0 aliphatic rings. The summed E-state index contributed by atoms with van der Waals surface area (Å²) in [4.78, 5) is 86.2. The van der Waals surface area contributed by atoms with Crippen LogP contribution in [0.4, 0.5) is 0 Å². The Hall–Kier alpha value is 0.690. The summed E-state index contributed by atoms with van der Waals surface area (Å²) in [6, 6.07) is 0. The van der Waals surface area contributed by atoms with Gasteiger partial charge in [0.2, 0.25) is 0 Å². The molecule has 0 rings (SSSR count).